The minimum Gasteiger partial charge on any atom is -0.475 e. The number of ether oxygens (including phenoxy) is 1. The van der Waals surface area contributed by atoms with Gasteiger partial charge in [0.15, 0.2) is 0 Å². The standard InChI is InChI=1S/C25H23N5O3.C2HF3O2/c1-33-25(32)30-22(14-16-5-4-7-18(13-16)23(27)28)24(31)29-20-11-9-17(10-12-20)21-8-3-2-6-19(21)15-26;3-2(4,5)1(6)7/h2-13,22H,14H2,1H3,(H3,27,28)(H,29,31)(H,30,32);(H,6,7)/t22-;/m0./s1. The number of carbonyl (C=O) groups excluding carboxylic acids is 2. The number of amides is 2. The third-order valence-corrected chi connectivity index (χ3v) is 5.23. The number of amidine groups is 1. The molecular weight excluding hydrogens is 531 g/mol. The zero-order valence-corrected chi connectivity index (χ0v) is 21.0. The number of halogens is 3. The number of nitrogens with zero attached hydrogens (tertiary/aromatic N) is 1. The number of nitrogen functional groups attached to an aromatic ring is 1. The Labute approximate surface area is 226 Å². The van der Waals surface area contributed by atoms with Crippen LogP contribution in [0.5, 0.6) is 0 Å². The first-order valence-corrected chi connectivity index (χ1v) is 11.3. The van der Waals surface area contributed by atoms with Gasteiger partial charge in [-0.05, 0) is 41.0 Å². The van der Waals surface area contributed by atoms with Crippen LogP contribution in [0.2, 0.25) is 0 Å². The minimum absolute atomic E-state index is 0.0863. The number of nitrogens with one attached hydrogen (secondary N) is 3. The number of hydrogen-bond acceptors (Lipinski definition) is 6. The fraction of sp³-hybridized carbons (Fsp3) is 0.148. The number of aliphatic carboxylic acids is 1. The summed E-state index contributed by atoms with van der Waals surface area (Å²) in [7, 11) is 1.22. The molecule has 3 aromatic rings. The number of nitriles is 1. The molecule has 0 aliphatic heterocycles. The van der Waals surface area contributed by atoms with Gasteiger partial charge in [0, 0.05) is 17.7 Å². The van der Waals surface area contributed by atoms with Gasteiger partial charge in [0.1, 0.15) is 11.9 Å². The molecule has 0 heterocycles. The first-order chi connectivity index (χ1) is 18.8. The van der Waals surface area contributed by atoms with Crippen molar-refractivity contribution in [3.05, 3.63) is 89.5 Å². The molecule has 0 unspecified atom stereocenters. The molecule has 0 aromatic heterocycles. The highest BCUT2D eigenvalue weighted by atomic mass is 19.4. The Hall–Kier alpha value is -5.38. The predicted molar refractivity (Wildman–Crippen MR) is 139 cm³/mol. The second-order valence-electron chi connectivity index (χ2n) is 8.03. The van der Waals surface area contributed by atoms with Gasteiger partial charge in [0.25, 0.3) is 0 Å². The zero-order valence-electron chi connectivity index (χ0n) is 21.0. The molecule has 0 saturated carbocycles. The number of alkyl halides is 3. The molecule has 0 saturated heterocycles. The van der Waals surface area contributed by atoms with E-state index in [0.29, 0.717) is 16.8 Å². The summed E-state index contributed by atoms with van der Waals surface area (Å²) < 4.78 is 36.4. The quantitative estimate of drug-likeness (QED) is 0.216. The second kappa shape index (κ2) is 14.0. The minimum atomic E-state index is -5.08. The molecule has 0 bridgehead atoms. The molecule has 40 heavy (non-hydrogen) atoms. The van der Waals surface area contributed by atoms with Crippen LogP contribution in [0, 0.1) is 16.7 Å². The molecular formula is C27H24F3N5O5. The van der Waals surface area contributed by atoms with Crippen LogP contribution in [0.15, 0.2) is 72.8 Å². The Morgan fingerprint density at radius 2 is 1.70 bits per heavy atom. The number of anilines is 1. The Kier molecular flexibility index (Phi) is 10.8. The van der Waals surface area contributed by atoms with E-state index in [2.05, 4.69) is 21.4 Å². The Balaban J connectivity index is 0.000000708. The van der Waals surface area contributed by atoms with Crippen molar-refractivity contribution in [2.75, 3.05) is 12.4 Å². The number of benzene rings is 3. The maximum Gasteiger partial charge on any atom is 0.490 e. The number of carboxylic acids is 1. The lowest BCUT2D eigenvalue weighted by molar-refractivity contribution is -0.192. The van der Waals surface area contributed by atoms with Gasteiger partial charge in [-0.2, -0.15) is 18.4 Å². The zero-order chi connectivity index (χ0) is 29.9. The van der Waals surface area contributed by atoms with Gasteiger partial charge in [0.2, 0.25) is 5.91 Å². The fourth-order valence-electron chi connectivity index (χ4n) is 3.31. The van der Waals surface area contributed by atoms with Crippen LogP contribution >= 0.6 is 0 Å². The van der Waals surface area contributed by atoms with E-state index >= 15 is 0 Å². The van der Waals surface area contributed by atoms with Crippen LogP contribution in [-0.4, -0.2) is 48.2 Å². The highest BCUT2D eigenvalue weighted by Crippen LogP contribution is 2.25. The Morgan fingerprint density at radius 1 is 1.07 bits per heavy atom. The summed E-state index contributed by atoms with van der Waals surface area (Å²) in [5, 5.41) is 29.4. The number of hydrogen-bond donors (Lipinski definition) is 5. The summed E-state index contributed by atoms with van der Waals surface area (Å²) in [6.07, 6.45) is -5.64. The van der Waals surface area contributed by atoms with Crippen LogP contribution in [0.4, 0.5) is 23.7 Å². The van der Waals surface area contributed by atoms with Crippen molar-refractivity contribution in [1.29, 1.82) is 10.7 Å². The largest absolute Gasteiger partial charge is 0.490 e. The lowest BCUT2D eigenvalue weighted by atomic mass is 10.00. The van der Waals surface area contributed by atoms with Crippen molar-refractivity contribution < 1.29 is 37.4 Å². The smallest absolute Gasteiger partial charge is 0.475 e. The van der Waals surface area contributed by atoms with Crippen LogP contribution < -0.4 is 16.4 Å². The van der Waals surface area contributed by atoms with E-state index in [1.807, 2.05) is 24.3 Å². The second-order valence-corrected chi connectivity index (χ2v) is 8.03. The molecule has 1 atom stereocenters. The number of nitrogens with two attached hydrogens (primary N) is 1. The van der Waals surface area contributed by atoms with Gasteiger partial charge in [-0.15, -0.1) is 0 Å². The molecule has 13 heteroatoms. The van der Waals surface area contributed by atoms with Gasteiger partial charge < -0.3 is 26.2 Å². The summed E-state index contributed by atoms with van der Waals surface area (Å²) in [5.41, 5.74) is 9.53. The van der Waals surface area contributed by atoms with Crippen molar-refractivity contribution in [3.63, 3.8) is 0 Å². The van der Waals surface area contributed by atoms with Crippen LogP contribution in [-0.2, 0) is 20.7 Å². The summed E-state index contributed by atoms with van der Waals surface area (Å²) >= 11 is 0. The monoisotopic (exact) mass is 555 g/mol. The lowest BCUT2D eigenvalue weighted by Gasteiger charge is -2.18. The van der Waals surface area contributed by atoms with Gasteiger partial charge in [-0.1, -0.05) is 48.5 Å². The van der Waals surface area contributed by atoms with Crippen molar-refractivity contribution in [3.8, 4) is 17.2 Å². The molecule has 3 rings (SSSR count). The third kappa shape index (κ3) is 9.18. The van der Waals surface area contributed by atoms with Gasteiger partial charge >= 0.3 is 18.2 Å². The Morgan fingerprint density at radius 3 is 2.25 bits per heavy atom. The van der Waals surface area contributed by atoms with Crippen molar-refractivity contribution >= 4 is 29.5 Å². The summed E-state index contributed by atoms with van der Waals surface area (Å²) in [6.45, 7) is 0. The van der Waals surface area contributed by atoms with E-state index < -0.39 is 30.2 Å². The number of alkyl carbamates (subject to hydrolysis) is 1. The van der Waals surface area contributed by atoms with E-state index in [4.69, 9.17) is 21.0 Å². The number of methoxy groups -OCH3 is 1. The molecule has 0 fully saturated rings. The number of rotatable bonds is 7. The molecule has 0 aliphatic rings. The molecule has 10 nitrogen and oxygen atoms in total. The topological polar surface area (TPSA) is 178 Å². The van der Waals surface area contributed by atoms with Crippen molar-refractivity contribution in [2.24, 2.45) is 5.73 Å². The van der Waals surface area contributed by atoms with Crippen LogP contribution in [0.3, 0.4) is 0 Å². The summed E-state index contributed by atoms with van der Waals surface area (Å²) in [5.74, 6) is -3.27. The molecule has 208 valence electrons. The molecule has 0 radical (unpaired) electrons. The van der Waals surface area contributed by atoms with Gasteiger partial charge in [-0.3, -0.25) is 10.2 Å². The van der Waals surface area contributed by atoms with Gasteiger partial charge in [0.05, 0.1) is 18.7 Å². The fourth-order valence-corrected chi connectivity index (χ4v) is 3.31. The van der Waals surface area contributed by atoms with Crippen molar-refractivity contribution in [1.82, 2.24) is 5.32 Å². The normalized spacial score (nSPS) is 11.1. The van der Waals surface area contributed by atoms with Gasteiger partial charge in [-0.25, -0.2) is 9.59 Å². The summed E-state index contributed by atoms with van der Waals surface area (Å²) in [6, 6.07) is 22.5. The van der Waals surface area contributed by atoms with E-state index in [0.717, 1.165) is 16.7 Å². The highest BCUT2D eigenvalue weighted by molar-refractivity contribution is 5.97. The lowest BCUT2D eigenvalue weighted by Crippen LogP contribution is -2.45. The summed E-state index contributed by atoms with van der Waals surface area (Å²) in [4.78, 5) is 33.7. The molecule has 2 amide bonds. The average Bonchev–Trinajstić information content (AvgIpc) is 2.93. The highest BCUT2D eigenvalue weighted by Gasteiger charge is 2.38. The van der Waals surface area contributed by atoms with E-state index in [-0.39, 0.29) is 12.3 Å². The molecule has 0 aliphatic carbocycles. The molecule has 6 N–H and O–H groups in total. The number of carboxylic acid groups (broad SMARTS) is 1. The van der Waals surface area contributed by atoms with Crippen LogP contribution in [0.1, 0.15) is 16.7 Å². The van der Waals surface area contributed by atoms with Crippen LogP contribution in [0.25, 0.3) is 11.1 Å². The number of carbonyl (C=O) groups is 3. The molecule has 3 aromatic carbocycles. The first kappa shape index (κ1) is 30.8. The SMILES string of the molecule is COC(=O)N[C@@H](Cc1cccc(C(=N)N)c1)C(=O)Nc1ccc(-c2ccccc2C#N)cc1.O=C(O)C(F)(F)F. The Bertz CT molecular complexity index is 1420. The maximum absolute atomic E-state index is 13.0. The van der Waals surface area contributed by atoms with E-state index in [9.17, 15) is 28.0 Å². The van der Waals surface area contributed by atoms with E-state index in [1.165, 1.54) is 7.11 Å². The molecule has 0 spiro atoms. The third-order valence-electron chi connectivity index (χ3n) is 5.23. The predicted octanol–water partition coefficient (Wildman–Crippen LogP) is 4.05. The average molecular weight is 556 g/mol. The first-order valence-electron chi connectivity index (χ1n) is 11.3. The maximum atomic E-state index is 13.0. The van der Waals surface area contributed by atoms with E-state index in [1.54, 1.807) is 48.5 Å². The van der Waals surface area contributed by atoms with Crippen molar-refractivity contribution in [2.45, 2.75) is 18.6 Å².